The van der Waals surface area contributed by atoms with Crippen molar-refractivity contribution in [2.24, 2.45) is 0 Å². The molecule has 0 bridgehead atoms. The number of aromatic nitrogens is 2. The average Bonchev–Trinajstić information content (AvgIpc) is 2.76. The Morgan fingerprint density at radius 3 is 2.76 bits per heavy atom. The summed E-state index contributed by atoms with van der Waals surface area (Å²) in [7, 11) is -1.07. The van der Waals surface area contributed by atoms with Gasteiger partial charge in [0.2, 0.25) is 0 Å². The molecular weight excluding hydrogens is 240 g/mol. The Labute approximate surface area is 101 Å². The van der Waals surface area contributed by atoms with Crippen molar-refractivity contribution in [3.63, 3.8) is 0 Å². The first kappa shape index (κ1) is 11.8. The molecule has 0 radical (unpaired) electrons. The van der Waals surface area contributed by atoms with E-state index in [1.54, 1.807) is 6.92 Å². The molecule has 0 saturated heterocycles. The van der Waals surface area contributed by atoms with Crippen molar-refractivity contribution in [1.82, 2.24) is 10.1 Å². The lowest BCUT2D eigenvalue weighted by molar-refractivity contribution is 0.216. The predicted molar refractivity (Wildman–Crippen MR) is 62.2 cm³/mol. The van der Waals surface area contributed by atoms with E-state index >= 15 is 0 Å². The molecule has 17 heavy (non-hydrogen) atoms. The van der Waals surface area contributed by atoms with Crippen LogP contribution in [0.15, 0.2) is 39.8 Å². The molecular formula is C11H12N2O3S. The van der Waals surface area contributed by atoms with Gasteiger partial charge in [0.1, 0.15) is 6.61 Å². The molecule has 0 aliphatic heterocycles. The zero-order valence-corrected chi connectivity index (χ0v) is 10.1. The molecule has 0 aliphatic carbocycles. The first-order valence-corrected chi connectivity index (χ1v) is 6.44. The molecule has 6 heteroatoms. The van der Waals surface area contributed by atoms with Crippen LogP contribution in [0.25, 0.3) is 0 Å². The van der Waals surface area contributed by atoms with Crippen molar-refractivity contribution in [3.8, 4) is 6.08 Å². The summed E-state index contributed by atoms with van der Waals surface area (Å²) in [5.41, 5.74) is 0. The summed E-state index contributed by atoms with van der Waals surface area (Å²) in [6.07, 6.45) is 0.118. The van der Waals surface area contributed by atoms with Crippen molar-refractivity contribution in [2.45, 2.75) is 11.8 Å². The maximum Gasteiger partial charge on any atom is 0.417 e. The minimum atomic E-state index is -1.07. The van der Waals surface area contributed by atoms with Gasteiger partial charge in [-0.2, -0.15) is 4.98 Å². The maximum atomic E-state index is 11.8. The van der Waals surface area contributed by atoms with Crippen LogP contribution in [0.3, 0.4) is 0 Å². The van der Waals surface area contributed by atoms with Crippen molar-refractivity contribution >= 4 is 10.8 Å². The highest BCUT2D eigenvalue weighted by Crippen LogP contribution is 2.08. The van der Waals surface area contributed by atoms with E-state index in [-0.39, 0.29) is 12.7 Å². The Morgan fingerprint density at radius 2 is 2.12 bits per heavy atom. The average molecular weight is 252 g/mol. The Balaban J connectivity index is 1.81. The predicted octanol–water partition coefficient (Wildman–Crippen LogP) is 1.56. The van der Waals surface area contributed by atoms with E-state index < -0.39 is 10.8 Å². The lowest BCUT2D eigenvalue weighted by Gasteiger charge is -2.01. The number of rotatable bonds is 5. The molecule has 0 aliphatic rings. The fourth-order valence-corrected chi connectivity index (χ4v) is 2.16. The van der Waals surface area contributed by atoms with Gasteiger partial charge >= 0.3 is 6.08 Å². The van der Waals surface area contributed by atoms with Gasteiger partial charge in [0.05, 0.1) is 16.6 Å². The summed E-state index contributed by atoms with van der Waals surface area (Å²) >= 11 is 0. The molecule has 2 aromatic rings. The molecule has 1 aromatic carbocycles. The molecule has 0 amide bonds. The first-order chi connectivity index (χ1) is 8.25. The molecule has 1 atom stereocenters. The second kappa shape index (κ2) is 5.58. The van der Waals surface area contributed by atoms with Crippen LogP contribution in [-0.2, 0) is 10.8 Å². The zero-order valence-electron chi connectivity index (χ0n) is 9.33. The molecule has 0 N–H and O–H groups in total. The minimum Gasteiger partial charge on any atom is -0.448 e. The third-order valence-corrected chi connectivity index (χ3v) is 3.34. The lowest BCUT2D eigenvalue weighted by atomic mass is 10.4. The normalized spacial score (nSPS) is 12.3. The quantitative estimate of drug-likeness (QED) is 0.808. The van der Waals surface area contributed by atoms with E-state index in [4.69, 9.17) is 9.26 Å². The fourth-order valence-electron chi connectivity index (χ4n) is 1.23. The third-order valence-electron chi connectivity index (χ3n) is 2.01. The zero-order chi connectivity index (χ0) is 12.1. The highest BCUT2D eigenvalue weighted by molar-refractivity contribution is 7.85. The summed E-state index contributed by atoms with van der Waals surface area (Å²) in [6, 6.07) is 9.25. The van der Waals surface area contributed by atoms with Gasteiger partial charge in [-0.15, -0.1) is 0 Å². The van der Waals surface area contributed by atoms with E-state index in [0.717, 1.165) is 4.90 Å². The Kier molecular flexibility index (Phi) is 3.87. The maximum absolute atomic E-state index is 11.8. The lowest BCUT2D eigenvalue weighted by Crippen LogP contribution is -2.08. The number of hydrogen-bond acceptors (Lipinski definition) is 5. The van der Waals surface area contributed by atoms with Gasteiger partial charge in [-0.25, -0.2) is 0 Å². The number of aryl methyl sites for hydroxylation is 1. The van der Waals surface area contributed by atoms with E-state index in [0.29, 0.717) is 11.6 Å². The highest BCUT2D eigenvalue weighted by atomic mass is 32.2. The molecule has 0 unspecified atom stereocenters. The number of hydrogen-bond donors (Lipinski definition) is 0. The van der Waals surface area contributed by atoms with Crippen LogP contribution in [-0.4, -0.2) is 26.7 Å². The third kappa shape index (κ3) is 3.39. The standard InChI is InChI=1S/C11H12N2O3S/c1-9-12-11(16-13-9)15-7-8-17(14)10-5-3-2-4-6-10/h2-6H,7-8H2,1H3/t17-/m0/s1. The van der Waals surface area contributed by atoms with Gasteiger partial charge in [0, 0.05) is 4.90 Å². The smallest absolute Gasteiger partial charge is 0.417 e. The second-order valence-corrected chi connectivity index (χ2v) is 4.89. The topological polar surface area (TPSA) is 65.2 Å². The van der Waals surface area contributed by atoms with E-state index in [9.17, 15) is 4.21 Å². The molecule has 1 aromatic heterocycles. The van der Waals surface area contributed by atoms with E-state index in [1.165, 1.54) is 0 Å². The Morgan fingerprint density at radius 1 is 1.35 bits per heavy atom. The van der Waals surface area contributed by atoms with Gasteiger partial charge in [-0.1, -0.05) is 23.4 Å². The SMILES string of the molecule is Cc1noc(OCC[S@](=O)c2ccccc2)n1. The summed E-state index contributed by atoms with van der Waals surface area (Å²) in [5.74, 6) is 0.912. The summed E-state index contributed by atoms with van der Waals surface area (Å²) in [5, 5.41) is 3.59. The highest BCUT2D eigenvalue weighted by Gasteiger charge is 2.06. The van der Waals surface area contributed by atoms with Crippen LogP contribution in [0.2, 0.25) is 0 Å². The van der Waals surface area contributed by atoms with Crippen molar-refractivity contribution < 1.29 is 13.5 Å². The van der Waals surface area contributed by atoms with Gasteiger partial charge in [0.25, 0.3) is 0 Å². The van der Waals surface area contributed by atoms with Crippen LogP contribution in [0.1, 0.15) is 5.82 Å². The monoisotopic (exact) mass is 252 g/mol. The number of benzene rings is 1. The van der Waals surface area contributed by atoms with Crippen molar-refractivity contribution in [1.29, 1.82) is 0 Å². The van der Waals surface area contributed by atoms with Crippen molar-refractivity contribution in [2.75, 3.05) is 12.4 Å². The van der Waals surface area contributed by atoms with Crippen LogP contribution in [0, 0.1) is 6.92 Å². The van der Waals surface area contributed by atoms with Crippen LogP contribution in [0.5, 0.6) is 6.08 Å². The first-order valence-electron chi connectivity index (χ1n) is 5.12. The molecule has 5 nitrogen and oxygen atoms in total. The van der Waals surface area contributed by atoms with Gasteiger partial charge in [-0.05, 0) is 19.1 Å². The molecule has 2 rings (SSSR count). The molecule has 0 spiro atoms. The van der Waals surface area contributed by atoms with Crippen molar-refractivity contribution in [3.05, 3.63) is 36.2 Å². The summed E-state index contributed by atoms with van der Waals surface area (Å²) < 4.78 is 21.8. The second-order valence-electron chi connectivity index (χ2n) is 3.32. The van der Waals surface area contributed by atoms with Crippen LogP contribution < -0.4 is 4.74 Å². The number of nitrogens with zero attached hydrogens (tertiary/aromatic N) is 2. The summed E-state index contributed by atoms with van der Waals surface area (Å²) in [4.78, 5) is 4.67. The molecule has 90 valence electrons. The Hall–Kier alpha value is -1.69. The van der Waals surface area contributed by atoms with E-state index in [1.807, 2.05) is 30.3 Å². The molecule has 0 saturated carbocycles. The number of ether oxygens (including phenoxy) is 1. The Bertz CT molecular complexity index is 498. The fraction of sp³-hybridized carbons (Fsp3) is 0.273. The minimum absolute atomic E-state index is 0.118. The van der Waals surface area contributed by atoms with Gasteiger partial charge in [0.15, 0.2) is 5.82 Å². The van der Waals surface area contributed by atoms with Crippen LogP contribution >= 0.6 is 0 Å². The van der Waals surface area contributed by atoms with Gasteiger partial charge < -0.3 is 4.74 Å². The summed E-state index contributed by atoms with van der Waals surface area (Å²) in [6.45, 7) is 1.99. The molecule has 1 heterocycles. The van der Waals surface area contributed by atoms with E-state index in [2.05, 4.69) is 10.1 Å². The van der Waals surface area contributed by atoms with Gasteiger partial charge in [-0.3, -0.25) is 8.73 Å². The largest absolute Gasteiger partial charge is 0.448 e. The van der Waals surface area contributed by atoms with Crippen LogP contribution in [0.4, 0.5) is 0 Å². The molecule has 0 fully saturated rings.